The van der Waals surface area contributed by atoms with E-state index < -0.39 is 0 Å². The van der Waals surface area contributed by atoms with Gasteiger partial charge in [0.1, 0.15) is 5.75 Å². The zero-order chi connectivity index (χ0) is 24.2. The van der Waals surface area contributed by atoms with E-state index in [1.54, 1.807) is 36.3 Å². The molecule has 1 aliphatic rings. The number of anilines is 1. The molecule has 5 rings (SSSR count). The average Bonchev–Trinajstić information content (AvgIpc) is 2.93. The van der Waals surface area contributed by atoms with Crippen LogP contribution in [0.1, 0.15) is 10.4 Å². The van der Waals surface area contributed by atoms with E-state index in [-0.39, 0.29) is 11.9 Å². The third-order valence-corrected chi connectivity index (χ3v) is 6.21. The van der Waals surface area contributed by atoms with Crippen molar-refractivity contribution in [3.05, 3.63) is 90.5 Å². The van der Waals surface area contributed by atoms with E-state index in [1.807, 2.05) is 65.6 Å². The Balaban J connectivity index is 1.31. The number of methoxy groups -OCH3 is 1. The Morgan fingerprint density at radius 2 is 1.49 bits per heavy atom. The number of rotatable bonds is 4. The summed E-state index contributed by atoms with van der Waals surface area (Å²) in [5.41, 5.74) is 3.85. The fourth-order valence-electron chi connectivity index (χ4n) is 4.27. The summed E-state index contributed by atoms with van der Waals surface area (Å²) in [6, 6.07) is 26.5. The number of fused-ring (bicyclic) bond motifs is 1. The highest BCUT2D eigenvalue weighted by Crippen LogP contribution is 2.26. The summed E-state index contributed by atoms with van der Waals surface area (Å²) in [5.74, 6) is 0.685. The van der Waals surface area contributed by atoms with Gasteiger partial charge in [0.2, 0.25) is 0 Å². The van der Waals surface area contributed by atoms with Crippen LogP contribution in [0.5, 0.6) is 5.75 Å². The Hall–Kier alpha value is -4.39. The lowest BCUT2D eigenvalue weighted by molar-refractivity contribution is 0.0673. The van der Waals surface area contributed by atoms with Crippen LogP contribution in [0.4, 0.5) is 10.5 Å². The number of carbonyl (C=O) groups excluding carboxylic acids is 2. The molecular formula is C28H26N4O3. The Kier molecular flexibility index (Phi) is 6.30. The molecule has 1 N–H and O–H groups in total. The summed E-state index contributed by atoms with van der Waals surface area (Å²) in [4.78, 5) is 34.6. The van der Waals surface area contributed by atoms with Gasteiger partial charge in [0.25, 0.3) is 5.91 Å². The minimum Gasteiger partial charge on any atom is -0.497 e. The van der Waals surface area contributed by atoms with Crippen LogP contribution in [0.3, 0.4) is 0 Å². The smallest absolute Gasteiger partial charge is 0.321 e. The van der Waals surface area contributed by atoms with Gasteiger partial charge in [-0.15, -0.1) is 0 Å². The van der Waals surface area contributed by atoms with Crippen molar-refractivity contribution in [3.63, 3.8) is 0 Å². The van der Waals surface area contributed by atoms with Gasteiger partial charge in [-0.1, -0.05) is 48.5 Å². The molecule has 1 aliphatic heterocycles. The van der Waals surface area contributed by atoms with Gasteiger partial charge in [0.05, 0.1) is 23.9 Å². The number of hydrogen-bond acceptors (Lipinski definition) is 4. The molecule has 3 aromatic carbocycles. The normalized spacial score (nSPS) is 13.5. The quantitative estimate of drug-likeness (QED) is 0.464. The van der Waals surface area contributed by atoms with Crippen molar-refractivity contribution in [1.82, 2.24) is 14.8 Å². The van der Waals surface area contributed by atoms with Crippen molar-refractivity contribution in [2.75, 3.05) is 38.6 Å². The SMILES string of the molecule is COc1ccc(NC(=O)N2CCN(C(=O)c3cc(-c4ccccc4)nc4ccccc34)CC2)cc1. The standard InChI is InChI=1S/C28H26N4O3/c1-35-22-13-11-21(12-14-22)29-28(34)32-17-15-31(16-18-32)27(33)24-19-26(20-7-3-2-4-8-20)30-25-10-6-5-9-23(24)25/h2-14,19H,15-18H2,1H3,(H,29,34). The van der Waals surface area contributed by atoms with Gasteiger partial charge in [-0.05, 0) is 36.4 Å². The monoisotopic (exact) mass is 466 g/mol. The molecule has 0 unspecified atom stereocenters. The average molecular weight is 467 g/mol. The molecule has 2 heterocycles. The second-order valence-electron chi connectivity index (χ2n) is 8.38. The first kappa shape index (κ1) is 22.4. The molecule has 176 valence electrons. The predicted octanol–water partition coefficient (Wildman–Crippen LogP) is 4.90. The second kappa shape index (κ2) is 9.85. The van der Waals surface area contributed by atoms with Crippen LogP contribution in [-0.4, -0.2) is 60.0 Å². The molecule has 4 aromatic rings. The van der Waals surface area contributed by atoms with E-state index in [2.05, 4.69) is 5.32 Å². The topological polar surface area (TPSA) is 74.8 Å². The van der Waals surface area contributed by atoms with Crippen LogP contribution in [-0.2, 0) is 0 Å². The number of amides is 3. The molecular weight excluding hydrogens is 440 g/mol. The first-order valence-corrected chi connectivity index (χ1v) is 11.6. The maximum Gasteiger partial charge on any atom is 0.321 e. The maximum atomic E-state index is 13.6. The summed E-state index contributed by atoms with van der Waals surface area (Å²) in [7, 11) is 1.60. The molecule has 1 aromatic heterocycles. The molecule has 0 aliphatic carbocycles. The summed E-state index contributed by atoms with van der Waals surface area (Å²) in [6.45, 7) is 1.85. The number of carbonyl (C=O) groups is 2. The van der Waals surface area contributed by atoms with E-state index in [0.717, 1.165) is 27.9 Å². The summed E-state index contributed by atoms with van der Waals surface area (Å²) in [5, 5.41) is 3.74. The lowest BCUT2D eigenvalue weighted by Crippen LogP contribution is -2.51. The van der Waals surface area contributed by atoms with Gasteiger partial charge in [-0.2, -0.15) is 0 Å². The number of urea groups is 1. The fraction of sp³-hybridized carbons (Fsp3) is 0.179. The van der Waals surface area contributed by atoms with E-state index in [4.69, 9.17) is 9.72 Å². The van der Waals surface area contributed by atoms with Crippen LogP contribution in [0.15, 0.2) is 84.9 Å². The minimum absolute atomic E-state index is 0.0454. The Morgan fingerprint density at radius 3 is 2.20 bits per heavy atom. The molecule has 1 saturated heterocycles. The number of ether oxygens (including phenoxy) is 1. The lowest BCUT2D eigenvalue weighted by Gasteiger charge is -2.35. The maximum absolute atomic E-state index is 13.6. The van der Waals surface area contributed by atoms with Crippen LogP contribution >= 0.6 is 0 Å². The zero-order valence-electron chi connectivity index (χ0n) is 19.5. The van der Waals surface area contributed by atoms with E-state index >= 15 is 0 Å². The number of benzene rings is 3. The lowest BCUT2D eigenvalue weighted by atomic mass is 10.0. The molecule has 7 heteroatoms. The van der Waals surface area contributed by atoms with Gasteiger partial charge >= 0.3 is 6.03 Å². The second-order valence-corrected chi connectivity index (χ2v) is 8.38. The molecule has 35 heavy (non-hydrogen) atoms. The number of pyridine rings is 1. The van der Waals surface area contributed by atoms with Gasteiger partial charge < -0.3 is 19.9 Å². The Bertz CT molecular complexity index is 1350. The van der Waals surface area contributed by atoms with Crippen molar-refractivity contribution in [3.8, 4) is 17.0 Å². The van der Waals surface area contributed by atoms with Crippen molar-refractivity contribution >= 4 is 28.5 Å². The van der Waals surface area contributed by atoms with Crippen molar-refractivity contribution < 1.29 is 14.3 Å². The van der Waals surface area contributed by atoms with Crippen molar-refractivity contribution in [2.45, 2.75) is 0 Å². The Labute approximate surface area is 204 Å². The van der Waals surface area contributed by atoms with E-state index in [9.17, 15) is 9.59 Å². The summed E-state index contributed by atoms with van der Waals surface area (Å²) in [6.07, 6.45) is 0. The molecule has 7 nitrogen and oxygen atoms in total. The van der Waals surface area contributed by atoms with E-state index in [0.29, 0.717) is 37.4 Å². The number of hydrogen-bond donors (Lipinski definition) is 1. The van der Waals surface area contributed by atoms with Crippen LogP contribution < -0.4 is 10.1 Å². The molecule has 1 fully saturated rings. The Morgan fingerprint density at radius 1 is 0.829 bits per heavy atom. The predicted molar refractivity (Wildman–Crippen MR) is 137 cm³/mol. The number of para-hydroxylation sites is 1. The molecule has 0 atom stereocenters. The number of nitrogens with one attached hydrogen (secondary N) is 1. The zero-order valence-corrected chi connectivity index (χ0v) is 19.5. The van der Waals surface area contributed by atoms with Crippen LogP contribution in [0.25, 0.3) is 22.2 Å². The highest BCUT2D eigenvalue weighted by Gasteiger charge is 2.26. The first-order valence-electron chi connectivity index (χ1n) is 11.6. The first-order chi connectivity index (χ1) is 17.1. The van der Waals surface area contributed by atoms with Gasteiger partial charge in [-0.25, -0.2) is 9.78 Å². The number of aromatic nitrogens is 1. The van der Waals surface area contributed by atoms with Crippen molar-refractivity contribution in [2.24, 2.45) is 0 Å². The minimum atomic E-state index is -0.178. The van der Waals surface area contributed by atoms with Crippen molar-refractivity contribution in [1.29, 1.82) is 0 Å². The third-order valence-electron chi connectivity index (χ3n) is 6.21. The number of nitrogens with zero attached hydrogens (tertiary/aromatic N) is 3. The van der Waals surface area contributed by atoms with E-state index in [1.165, 1.54) is 0 Å². The molecule has 0 bridgehead atoms. The van der Waals surface area contributed by atoms with Crippen LogP contribution in [0, 0.1) is 0 Å². The molecule has 0 spiro atoms. The third kappa shape index (κ3) is 4.80. The van der Waals surface area contributed by atoms with Gasteiger partial charge in [0, 0.05) is 42.8 Å². The largest absolute Gasteiger partial charge is 0.497 e. The number of piperazine rings is 1. The molecule has 0 radical (unpaired) electrons. The summed E-state index contributed by atoms with van der Waals surface area (Å²) >= 11 is 0. The highest BCUT2D eigenvalue weighted by molar-refractivity contribution is 6.07. The summed E-state index contributed by atoms with van der Waals surface area (Å²) < 4.78 is 5.16. The van der Waals surface area contributed by atoms with Gasteiger partial charge in [-0.3, -0.25) is 4.79 Å². The molecule has 3 amide bonds. The highest BCUT2D eigenvalue weighted by atomic mass is 16.5. The fourth-order valence-corrected chi connectivity index (χ4v) is 4.27. The van der Waals surface area contributed by atoms with Crippen LogP contribution in [0.2, 0.25) is 0 Å². The molecule has 0 saturated carbocycles. The van der Waals surface area contributed by atoms with Gasteiger partial charge in [0.15, 0.2) is 0 Å².